The normalized spacial score (nSPS) is 13.8. The van der Waals surface area contributed by atoms with Crippen molar-refractivity contribution in [2.45, 2.75) is 33.7 Å². The average Bonchev–Trinajstić information content (AvgIpc) is 2.61. The van der Waals surface area contributed by atoms with Crippen molar-refractivity contribution in [2.24, 2.45) is 7.05 Å². The molecule has 0 aliphatic heterocycles. The maximum Gasteiger partial charge on any atom is 0.258 e. The third-order valence-corrected chi connectivity index (χ3v) is 5.44. The molecular weight excluding hydrogens is 340 g/mol. The van der Waals surface area contributed by atoms with Crippen LogP contribution in [0.2, 0.25) is 0 Å². The summed E-state index contributed by atoms with van der Waals surface area (Å²) in [7, 11) is 1.82. The van der Waals surface area contributed by atoms with Crippen molar-refractivity contribution >= 4 is 22.5 Å². The predicted molar refractivity (Wildman–Crippen MR) is 116 cm³/mol. The molecule has 0 radical (unpaired) electrons. The first-order valence-corrected chi connectivity index (χ1v) is 9.97. The van der Waals surface area contributed by atoms with E-state index in [1.165, 1.54) is 0 Å². The van der Waals surface area contributed by atoms with E-state index in [2.05, 4.69) is 37.0 Å². The molecule has 2 aromatic rings. The van der Waals surface area contributed by atoms with Gasteiger partial charge in [-0.1, -0.05) is 24.8 Å². The Bertz CT molecular complexity index is 951. The minimum Gasteiger partial charge on any atom is -0.378 e. The molecule has 1 heterocycles. The molecule has 3 nitrogen and oxygen atoms in total. The molecule has 0 spiro atoms. The lowest BCUT2D eigenvalue weighted by atomic mass is 9.97. The fourth-order valence-electron chi connectivity index (χ4n) is 3.15. The van der Waals surface area contributed by atoms with Crippen LogP contribution in [0.4, 0.5) is 0 Å². The number of nitrogens with one attached hydrogen (secondary N) is 1. The summed E-state index contributed by atoms with van der Waals surface area (Å²) in [5.41, 5.74) is 4.27. The molecule has 1 N–H and O–H groups in total. The summed E-state index contributed by atoms with van der Waals surface area (Å²) in [4.78, 5) is 13.8. The molecule has 138 valence electrons. The van der Waals surface area contributed by atoms with Crippen LogP contribution in [0.25, 0.3) is 10.8 Å². The van der Waals surface area contributed by atoms with E-state index in [0.717, 1.165) is 38.2 Å². The van der Waals surface area contributed by atoms with Gasteiger partial charge in [0, 0.05) is 34.8 Å². The van der Waals surface area contributed by atoms with Gasteiger partial charge in [-0.3, -0.25) is 4.79 Å². The van der Waals surface area contributed by atoms with Crippen LogP contribution in [-0.2, 0) is 7.05 Å². The van der Waals surface area contributed by atoms with Crippen LogP contribution in [0.5, 0.6) is 0 Å². The summed E-state index contributed by atoms with van der Waals surface area (Å²) >= 11 is 1.66. The Morgan fingerprint density at radius 3 is 2.54 bits per heavy atom. The van der Waals surface area contributed by atoms with Crippen LogP contribution < -0.4 is 10.9 Å². The van der Waals surface area contributed by atoms with Gasteiger partial charge in [0.25, 0.3) is 5.56 Å². The topological polar surface area (TPSA) is 34.0 Å². The zero-order valence-corrected chi connectivity index (χ0v) is 17.3. The second-order valence-corrected chi connectivity index (χ2v) is 7.37. The summed E-state index contributed by atoms with van der Waals surface area (Å²) in [5, 5.41) is 5.39. The van der Waals surface area contributed by atoms with Crippen molar-refractivity contribution in [1.29, 1.82) is 0 Å². The molecular formula is C22H28N2OS. The largest absolute Gasteiger partial charge is 0.378 e. The number of thioether (sulfide) groups is 1. The minimum absolute atomic E-state index is 0.0530. The average molecular weight is 369 g/mol. The van der Waals surface area contributed by atoms with Gasteiger partial charge >= 0.3 is 0 Å². The predicted octanol–water partition coefficient (Wildman–Crippen LogP) is 5.14. The van der Waals surface area contributed by atoms with Crippen molar-refractivity contribution in [3.05, 3.63) is 80.8 Å². The number of pyridine rings is 1. The van der Waals surface area contributed by atoms with E-state index in [1.54, 1.807) is 16.3 Å². The Balaban J connectivity index is 2.64. The van der Waals surface area contributed by atoms with Crippen molar-refractivity contribution < 1.29 is 0 Å². The lowest BCUT2D eigenvalue weighted by Crippen LogP contribution is -2.22. The summed E-state index contributed by atoms with van der Waals surface area (Å²) in [5.74, 6) is 0. The van der Waals surface area contributed by atoms with E-state index in [0.29, 0.717) is 0 Å². The lowest BCUT2D eigenvalue weighted by Gasteiger charge is -2.21. The standard InChI is InChI=1S/C22H28N2OS/c1-8-10-20(21(9-2)26-7)23-16(5)17-11-14(3)12-19-18(17)13-15(4)24(6)22(19)25/h8-13,16,23H,2H2,1,3-7H3/b10-8-,21-20-. The summed E-state index contributed by atoms with van der Waals surface area (Å²) in [6, 6.07) is 6.30. The van der Waals surface area contributed by atoms with Crippen LogP contribution in [-0.4, -0.2) is 10.8 Å². The van der Waals surface area contributed by atoms with Gasteiger partial charge < -0.3 is 9.88 Å². The summed E-state index contributed by atoms with van der Waals surface area (Å²) in [6.07, 6.45) is 7.99. The molecule has 26 heavy (non-hydrogen) atoms. The van der Waals surface area contributed by atoms with Gasteiger partial charge in [-0.2, -0.15) is 0 Å². The summed E-state index contributed by atoms with van der Waals surface area (Å²) in [6.45, 7) is 12.1. The number of nitrogens with zero attached hydrogens (tertiary/aromatic N) is 1. The number of rotatable bonds is 6. The molecule has 0 saturated heterocycles. The zero-order valence-electron chi connectivity index (χ0n) is 16.5. The molecule has 1 aromatic carbocycles. The fraction of sp³-hybridized carbons (Fsp3) is 0.318. The molecule has 0 fully saturated rings. The van der Waals surface area contributed by atoms with E-state index in [-0.39, 0.29) is 11.6 Å². The number of hydrogen-bond donors (Lipinski definition) is 1. The van der Waals surface area contributed by atoms with Crippen LogP contribution in [0.3, 0.4) is 0 Å². The number of fused-ring (bicyclic) bond motifs is 1. The number of hydrogen-bond acceptors (Lipinski definition) is 3. The van der Waals surface area contributed by atoms with Crippen molar-refractivity contribution in [2.75, 3.05) is 6.26 Å². The highest BCUT2D eigenvalue weighted by Gasteiger charge is 2.15. The molecule has 1 aromatic heterocycles. The molecule has 0 amide bonds. The van der Waals surface area contributed by atoms with Gasteiger partial charge in [-0.05, 0) is 68.7 Å². The fourth-order valence-corrected chi connectivity index (χ4v) is 3.66. The van der Waals surface area contributed by atoms with E-state index >= 15 is 0 Å². The van der Waals surface area contributed by atoms with Gasteiger partial charge in [0.05, 0.1) is 0 Å². The molecule has 1 atom stereocenters. The molecule has 0 saturated carbocycles. The molecule has 0 aliphatic carbocycles. The van der Waals surface area contributed by atoms with Gasteiger partial charge in [0.1, 0.15) is 0 Å². The SMILES string of the molecule is C=C/C(SC)=C(\C=C/C)NC(C)c1cc(C)cc2c(=O)n(C)c(C)cc12. The molecule has 4 heteroatoms. The Morgan fingerprint density at radius 1 is 1.27 bits per heavy atom. The Labute approximate surface area is 160 Å². The first-order valence-electron chi connectivity index (χ1n) is 8.74. The first kappa shape index (κ1) is 20.1. The molecule has 0 aliphatic rings. The monoisotopic (exact) mass is 368 g/mol. The van der Waals surface area contributed by atoms with Gasteiger partial charge in [0.2, 0.25) is 0 Å². The van der Waals surface area contributed by atoms with Crippen molar-refractivity contribution in [1.82, 2.24) is 9.88 Å². The summed E-state index contributed by atoms with van der Waals surface area (Å²) < 4.78 is 1.71. The van der Waals surface area contributed by atoms with E-state index in [9.17, 15) is 4.79 Å². The van der Waals surface area contributed by atoms with E-state index in [1.807, 2.05) is 52.3 Å². The van der Waals surface area contributed by atoms with Crippen molar-refractivity contribution in [3.8, 4) is 0 Å². The van der Waals surface area contributed by atoms with Gasteiger partial charge in [-0.25, -0.2) is 0 Å². The maximum atomic E-state index is 12.7. The van der Waals surface area contributed by atoms with E-state index < -0.39 is 0 Å². The number of aromatic nitrogens is 1. The second-order valence-electron chi connectivity index (χ2n) is 6.52. The van der Waals surface area contributed by atoms with Crippen LogP contribution in [0.1, 0.15) is 36.7 Å². The van der Waals surface area contributed by atoms with Crippen LogP contribution >= 0.6 is 11.8 Å². The molecule has 0 bridgehead atoms. The van der Waals surface area contributed by atoms with Crippen LogP contribution in [0.15, 0.2) is 58.4 Å². The second kappa shape index (κ2) is 8.45. The van der Waals surface area contributed by atoms with Gasteiger partial charge in [-0.15, -0.1) is 11.8 Å². The number of allylic oxidation sites excluding steroid dienone is 3. The quantitative estimate of drug-likeness (QED) is 0.717. The minimum atomic E-state index is 0.0530. The smallest absolute Gasteiger partial charge is 0.258 e. The molecule has 1 unspecified atom stereocenters. The van der Waals surface area contributed by atoms with Crippen molar-refractivity contribution in [3.63, 3.8) is 0 Å². The van der Waals surface area contributed by atoms with Crippen LogP contribution in [0, 0.1) is 13.8 Å². The third kappa shape index (κ3) is 3.96. The number of aryl methyl sites for hydroxylation is 2. The Kier molecular flexibility index (Phi) is 6.54. The van der Waals surface area contributed by atoms with E-state index in [4.69, 9.17) is 0 Å². The lowest BCUT2D eigenvalue weighted by molar-refractivity contribution is 0.668. The Hall–Kier alpha value is -2.20. The highest BCUT2D eigenvalue weighted by molar-refractivity contribution is 8.02. The first-order chi connectivity index (χ1) is 12.3. The third-order valence-electron chi connectivity index (χ3n) is 4.62. The Morgan fingerprint density at radius 2 is 1.96 bits per heavy atom. The van der Waals surface area contributed by atoms with Gasteiger partial charge in [0.15, 0.2) is 0 Å². The zero-order chi connectivity index (χ0) is 19.4. The molecule has 2 rings (SSSR count). The maximum absolute atomic E-state index is 12.7. The highest BCUT2D eigenvalue weighted by atomic mass is 32.2. The highest BCUT2D eigenvalue weighted by Crippen LogP contribution is 2.27. The number of benzene rings is 1.